The van der Waals surface area contributed by atoms with E-state index in [2.05, 4.69) is 4.84 Å². The number of nitrogens with two attached hydrogens (primary N) is 1. The van der Waals surface area contributed by atoms with Gasteiger partial charge in [-0.1, -0.05) is 0 Å². The summed E-state index contributed by atoms with van der Waals surface area (Å²) in [5.74, 6) is -1.86. The van der Waals surface area contributed by atoms with Gasteiger partial charge in [0, 0.05) is 25.2 Å². The van der Waals surface area contributed by atoms with Gasteiger partial charge >= 0.3 is 0 Å². The highest BCUT2D eigenvalue weighted by atomic mass is 16.9. The molecule has 0 aliphatic carbocycles. The van der Waals surface area contributed by atoms with Crippen LogP contribution >= 0.6 is 0 Å². The Morgan fingerprint density at radius 3 is 2.39 bits per heavy atom. The quantitative estimate of drug-likeness (QED) is 0.334. The zero-order valence-corrected chi connectivity index (χ0v) is 10.1. The molecule has 2 N–H and O–H groups in total. The van der Waals surface area contributed by atoms with E-state index in [4.69, 9.17) is 5.73 Å². The molecule has 0 aromatic heterocycles. The molecule has 0 radical (unpaired) electrons. The third-order valence-corrected chi connectivity index (χ3v) is 2.29. The van der Waals surface area contributed by atoms with Gasteiger partial charge in [-0.2, -0.15) is 0 Å². The van der Waals surface area contributed by atoms with Crippen LogP contribution in [0, 0.1) is 16.0 Å². The average molecular weight is 260 g/mol. The predicted octanol–water partition coefficient (Wildman–Crippen LogP) is 0.0147. The third kappa shape index (κ3) is 8.20. The van der Waals surface area contributed by atoms with Crippen molar-refractivity contribution in [2.45, 2.75) is 32.6 Å². The van der Waals surface area contributed by atoms with Crippen molar-refractivity contribution >= 4 is 17.5 Å². The molecule has 8 heteroatoms. The minimum atomic E-state index is -0.935. The van der Waals surface area contributed by atoms with Crippen molar-refractivity contribution in [3.63, 3.8) is 0 Å². The number of hydrogen-bond donors (Lipinski definition) is 1. The molecule has 0 aliphatic heterocycles. The van der Waals surface area contributed by atoms with Crippen molar-refractivity contribution in [2.24, 2.45) is 11.7 Å². The minimum Gasteiger partial charge on any atom is -0.370 e. The molecule has 1 amide bonds. The highest BCUT2D eigenvalue weighted by Crippen LogP contribution is 2.12. The van der Waals surface area contributed by atoms with Gasteiger partial charge in [0.2, 0.25) is 5.91 Å². The van der Waals surface area contributed by atoms with Gasteiger partial charge in [0.25, 0.3) is 5.09 Å². The van der Waals surface area contributed by atoms with Gasteiger partial charge in [0.05, 0.1) is 6.61 Å². The van der Waals surface area contributed by atoms with Crippen LogP contribution < -0.4 is 5.73 Å². The van der Waals surface area contributed by atoms with Crippen LogP contribution in [0.2, 0.25) is 0 Å². The maximum Gasteiger partial charge on any atom is 0.294 e. The van der Waals surface area contributed by atoms with Gasteiger partial charge in [-0.25, -0.2) is 0 Å². The Morgan fingerprint density at radius 1 is 1.33 bits per heavy atom. The second kappa shape index (κ2) is 8.15. The fourth-order valence-electron chi connectivity index (χ4n) is 1.39. The van der Waals surface area contributed by atoms with Gasteiger partial charge in [0.15, 0.2) is 0 Å². The number of carbonyl (C=O) groups is 3. The van der Waals surface area contributed by atoms with Crippen LogP contribution in [0.4, 0.5) is 0 Å². The summed E-state index contributed by atoms with van der Waals surface area (Å²) in [5, 5.41) is 8.90. The number of nitrogens with zero attached hydrogens (tertiary/aromatic N) is 1. The monoisotopic (exact) mass is 260 g/mol. The lowest BCUT2D eigenvalue weighted by Crippen LogP contribution is -2.23. The molecule has 0 saturated carbocycles. The van der Waals surface area contributed by atoms with Crippen LogP contribution in [-0.4, -0.2) is 29.2 Å². The number of ketones is 2. The molecule has 0 bridgehead atoms. The smallest absolute Gasteiger partial charge is 0.294 e. The second-order valence-electron chi connectivity index (χ2n) is 3.88. The van der Waals surface area contributed by atoms with Crippen LogP contribution in [0.5, 0.6) is 0 Å². The molecule has 102 valence electrons. The van der Waals surface area contributed by atoms with Gasteiger partial charge in [0.1, 0.15) is 11.6 Å². The molecule has 8 nitrogen and oxygen atoms in total. The highest BCUT2D eigenvalue weighted by Gasteiger charge is 2.20. The molecule has 0 aromatic rings. The van der Waals surface area contributed by atoms with Crippen molar-refractivity contribution in [1.82, 2.24) is 0 Å². The van der Waals surface area contributed by atoms with E-state index in [1.165, 1.54) is 6.92 Å². The Bertz CT molecular complexity index is 341. The summed E-state index contributed by atoms with van der Waals surface area (Å²) in [6, 6.07) is 0. The normalized spacial score (nSPS) is 11.6. The van der Waals surface area contributed by atoms with E-state index in [-0.39, 0.29) is 43.9 Å². The summed E-state index contributed by atoms with van der Waals surface area (Å²) < 4.78 is 0. The topological polar surface area (TPSA) is 130 Å². The van der Waals surface area contributed by atoms with Crippen LogP contribution in [0.1, 0.15) is 32.6 Å². The zero-order valence-electron chi connectivity index (χ0n) is 10.1. The van der Waals surface area contributed by atoms with Crippen LogP contribution in [0.25, 0.3) is 0 Å². The Balaban J connectivity index is 3.99. The molecule has 0 rings (SSSR count). The summed E-state index contributed by atoms with van der Waals surface area (Å²) in [5.41, 5.74) is 4.96. The van der Waals surface area contributed by atoms with E-state index in [9.17, 15) is 24.5 Å². The lowest BCUT2D eigenvalue weighted by atomic mass is 9.93. The predicted molar refractivity (Wildman–Crippen MR) is 59.8 cm³/mol. The number of carbonyl (C=O) groups excluding carboxylic acids is 3. The number of Topliss-reactive ketones (excluding diaryl/α,β-unsaturated/α-hetero) is 2. The number of amides is 1. The summed E-state index contributed by atoms with van der Waals surface area (Å²) in [4.78, 5) is 47.2. The molecule has 0 aliphatic rings. The van der Waals surface area contributed by atoms with Gasteiger partial charge in [-0.05, 0) is 13.3 Å². The molecule has 0 saturated heterocycles. The summed E-state index contributed by atoms with van der Waals surface area (Å²) in [6.07, 6.45) is 0.0284. The van der Waals surface area contributed by atoms with Crippen molar-refractivity contribution in [3.8, 4) is 0 Å². The van der Waals surface area contributed by atoms with Crippen LogP contribution in [-0.2, 0) is 19.2 Å². The van der Waals surface area contributed by atoms with Crippen molar-refractivity contribution in [2.75, 3.05) is 6.61 Å². The van der Waals surface area contributed by atoms with Gasteiger partial charge < -0.3 is 10.6 Å². The Labute approximate surface area is 104 Å². The first-order valence-electron chi connectivity index (χ1n) is 5.40. The summed E-state index contributed by atoms with van der Waals surface area (Å²) in [6.45, 7) is 1.12. The molecule has 1 unspecified atom stereocenters. The molecular formula is C10H16N2O6. The standard InChI is InChI=1S/C10H16N2O6/c1-7(13)8(6-10(11)15)5-9(14)3-2-4-18-12(16)17/h8H,2-6H2,1H3,(H2,11,15). The number of hydrogen-bond acceptors (Lipinski definition) is 6. The van der Waals surface area contributed by atoms with Crippen LogP contribution in [0.3, 0.4) is 0 Å². The summed E-state index contributed by atoms with van der Waals surface area (Å²) >= 11 is 0. The first-order chi connectivity index (χ1) is 8.32. The minimum absolute atomic E-state index is 0.0659. The first-order valence-corrected chi connectivity index (χ1v) is 5.40. The average Bonchev–Trinajstić information content (AvgIpc) is 2.22. The van der Waals surface area contributed by atoms with Crippen LogP contribution in [0.15, 0.2) is 0 Å². The molecule has 0 heterocycles. The highest BCUT2D eigenvalue weighted by molar-refractivity contribution is 5.90. The van der Waals surface area contributed by atoms with E-state index in [1.54, 1.807) is 0 Å². The van der Waals surface area contributed by atoms with Gasteiger partial charge in [-0.3, -0.25) is 14.4 Å². The molecule has 0 fully saturated rings. The Morgan fingerprint density at radius 2 is 1.94 bits per heavy atom. The van der Waals surface area contributed by atoms with Gasteiger partial charge in [-0.15, -0.1) is 10.1 Å². The molecule has 1 atom stereocenters. The lowest BCUT2D eigenvalue weighted by molar-refractivity contribution is -0.757. The maximum absolute atomic E-state index is 11.5. The zero-order chi connectivity index (χ0) is 14.1. The van der Waals surface area contributed by atoms with E-state index < -0.39 is 16.9 Å². The number of rotatable bonds is 10. The summed E-state index contributed by atoms with van der Waals surface area (Å²) in [7, 11) is 0. The van der Waals surface area contributed by atoms with Crippen molar-refractivity contribution < 1.29 is 24.3 Å². The van der Waals surface area contributed by atoms with Crippen molar-refractivity contribution in [3.05, 3.63) is 10.1 Å². The number of primary amides is 1. The third-order valence-electron chi connectivity index (χ3n) is 2.29. The fraction of sp³-hybridized carbons (Fsp3) is 0.700. The fourth-order valence-corrected chi connectivity index (χ4v) is 1.39. The SMILES string of the molecule is CC(=O)C(CC(N)=O)CC(=O)CCCO[N+](=O)[O-]. The van der Waals surface area contributed by atoms with E-state index >= 15 is 0 Å². The second-order valence-corrected chi connectivity index (χ2v) is 3.88. The maximum atomic E-state index is 11.5. The Hall–Kier alpha value is -1.99. The van der Waals surface area contributed by atoms with E-state index in [0.717, 1.165) is 0 Å². The molecular weight excluding hydrogens is 244 g/mol. The molecule has 0 aromatic carbocycles. The molecule has 0 spiro atoms. The molecule has 18 heavy (non-hydrogen) atoms. The van der Waals surface area contributed by atoms with E-state index in [0.29, 0.717) is 0 Å². The van der Waals surface area contributed by atoms with Crippen molar-refractivity contribution in [1.29, 1.82) is 0 Å². The lowest BCUT2D eigenvalue weighted by Gasteiger charge is -2.10. The Kier molecular flexibility index (Phi) is 7.25. The first kappa shape index (κ1) is 16.0. The largest absolute Gasteiger partial charge is 0.370 e. The van der Waals surface area contributed by atoms with E-state index in [1.807, 2.05) is 0 Å².